The van der Waals surface area contributed by atoms with Crippen molar-refractivity contribution in [2.45, 2.75) is 11.8 Å². The fraction of sp³-hybridized carbons (Fsp3) is 0.0952. The zero-order valence-electron chi connectivity index (χ0n) is 16.7. The topological polar surface area (TPSA) is 128 Å². The molecule has 0 radical (unpaired) electrons. The summed E-state index contributed by atoms with van der Waals surface area (Å²) in [5.41, 5.74) is 1.34. The molecule has 160 valence electrons. The Hall–Kier alpha value is -3.92. The van der Waals surface area contributed by atoms with Gasteiger partial charge in [0.15, 0.2) is 0 Å². The molecular weight excluding hydrogens is 422 g/mol. The van der Waals surface area contributed by atoms with E-state index >= 15 is 0 Å². The summed E-state index contributed by atoms with van der Waals surface area (Å²) in [6.45, 7) is 1.90. The summed E-state index contributed by atoms with van der Waals surface area (Å²) in [6, 6.07) is 16.0. The maximum Gasteiger partial charge on any atom is 0.271 e. The van der Waals surface area contributed by atoms with Crippen LogP contribution in [0.3, 0.4) is 0 Å². The summed E-state index contributed by atoms with van der Waals surface area (Å²) in [6.07, 6.45) is 0. The molecule has 0 spiro atoms. The van der Waals surface area contributed by atoms with E-state index in [0.29, 0.717) is 5.56 Å². The molecule has 3 rings (SSSR count). The van der Waals surface area contributed by atoms with Crippen LogP contribution < -0.4 is 14.8 Å². The molecule has 10 heteroatoms. The van der Waals surface area contributed by atoms with Crippen LogP contribution in [0.15, 0.2) is 71.6 Å². The molecule has 0 saturated heterocycles. The Labute approximate surface area is 178 Å². The molecule has 0 aliphatic heterocycles. The summed E-state index contributed by atoms with van der Waals surface area (Å²) in [4.78, 5) is 22.7. The van der Waals surface area contributed by atoms with E-state index in [1.54, 1.807) is 24.3 Å². The van der Waals surface area contributed by atoms with Crippen LogP contribution in [-0.4, -0.2) is 26.4 Å². The first kappa shape index (κ1) is 21.8. The van der Waals surface area contributed by atoms with E-state index in [1.807, 2.05) is 6.92 Å². The predicted octanol–water partition coefficient (Wildman–Crippen LogP) is 3.96. The number of aryl methyl sites for hydroxylation is 1. The molecule has 1 amide bonds. The molecule has 3 aromatic rings. The molecular formula is C21H19N3O6S. The van der Waals surface area contributed by atoms with Crippen molar-refractivity contribution in [2.75, 3.05) is 17.1 Å². The third-order valence-electron chi connectivity index (χ3n) is 4.35. The molecule has 0 bridgehead atoms. The molecule has 0 aliphatic rings. The zero-order valence-corrected chi connectivity index (χ0v) is 17.5. The van der Waals surface area contributed by atoms with Crippen molar-refractivity contribution in [3.63, 3.8) is 0 Å². The smallest absolute Gasteiger partial charge is 0.271 e. The first-order chi connectivity index (χ1) is 14.7. The van der Waals surface area contributed by atoms with Gasteiger partial charge in [0.1, 0.15) is 5.75 Å². The standard InChI is InChI=1S/C21H19N3O6S/c1-14-6-8-15(9-7-14)21(25)22-19-13-18(10-11-20(19)30-2)31(28,29)23-16-4-3-5-17(12-16)24(26)27/h3-13,23H,1-2H3,(H,22,25). The average molecular weight is 441 g/mol. The molecule has 0 heterocycles. The molecule has 0 aromatic heterocycles. The molecule has 0 atom stereocenters. The minimum atomic E-state index is -4.09. The summed E-state index contributed by atoms with van der Waals surface area (Å²) in [5.74, 6) is -0.158. The Morgan fingerprint density at radius 1 is 1.03 bits per heavy atom. The SMILES string of the molecule is COc1ccc(S(=O)(=O)Nc2cccc([N+](=O)[O-])c2)cc1NC(=O)c1ccc(C)cc1. The van der Waals surface area contributed by atoms with Gasteiger partial charge < -0.3 is 10.1 Å². The number of hydrogen-bond donors (Lipinski definition) is 2. The summed E-state index contributed by atoms with van der Waals surface area (Å²) >= 11 is 0. The fourth-order valence-electron chi connectivity index (χ4n) is 2.75. The maximum atomic E-state index is 12.8. The van der Waals surface area contributed by atoms with E-state index in [9.17, 15) is 23.3 Å². The van der Waals surface area contributed by atoms with Gasteiger partial charge in [-0.25, -0.2) is 8.42 Å². The first-order valence-corrected chi connectivity index (χ1v) is 10.5. The van der Waals surface area contributed by atoms with Gasteiger partial charge in [0.2, 0.25) is 0 Å². The van der Waals surface area contributed by atoms with Gasteiger partial charge in [0.05, 0.1) is 28.3 Å². The number of nitrogens with zero attached hydrogens (tertiary/aromatic N) is 1. The van der Waals surface area contributed by atoms with Crippen molar-refractivity contribution in [3.05, 3.63) is 88.0 Å². The van der Waals surface area contributed by atoms with E-state index in [2.05, 4.69) is 10.0 Å². The lowest BCUT2D eigenvalue weighted by Gasteiger charge is -2.13. The third-order valence-corrected chi connectivity index (χ3v) is 5.73. The number of nitro benzene ring substituents is 1. The van der Waals surface area contributed by atoms with Gasteiger partial charge in [-0.2, -0.15) is 0 Å². The number of nitrogens with one attached hydrogen (secondary N) is 2. The molecule has 2 N–H and O–H groups in total. The summed E-state index contributed by atoms with van der Waals surface area (Å²) in [7, 11) is -2.69. The van der Waals surface area contributed by atoms with Crippen LogP contribution in [-0.2, 0) is 10.0 Å². The van der Waals surface area contributed by atoms with Gasteiger partial charge in [-0.3, -0.25) is 19.6 Å². The van der Waals surface area contributed by atoms with Crippen molar-refractivity contribution < 1.29 is 22.9 Å². The highest BCUT2D eigenvalue weighted by Crippen LogP contribution is 2.29. The van der Waals surface area contributed by atoms with Crippen LogP contribution in [0.1, 0.15) is 15.9 Å². The number of carbonyl (C=O) groups is 1. The predicted molar refractivity (Wildman–Crippen MR) is 116 cm³/mol. The maximum absolute atomic E-state index is 12.8. The van der Waals surface area contributed by atoms with E-state index in [-0.39, 0.29) is 27.7 Å². The molecule has 31 heavy (non-hydrogen) atoms. The molecule has 3 aromatic carbocycles. The minimum absolute atomic E-state index is 0.0373. The van der Waals surface area contributed by atoms with Crippen molar-refractivity contribution in [3.8, 4) is 5.75 Å². The van der Waals surface area contributed by atoms with Crippen LogP contribution in [0, 0.1) is 17.0 Å². The van der Waals surface area contributed by atoms with Gasteiger partial charge in [0, 0.05) is 17.7 Å². The van der Waals surface area contributed by atoms with Gasteiger partial charge in [-0.1, -0.05) is 23.8 Å². The lowest BCUT2D eigenvalue weighted by atomic mass is 10.1. The minimum Gasteiger partial charge on any atom is -0.495 e. The monoisotopic (exact) mass is 441 g/mol. The lowest BCUT2D eigenvalue weighted by Crippen LogP contribution is -2.16. The van der Waals surface area contributed by atoms with Gasteiger partial charge in [0.25, 0.3) is 21.6 Å². The number of hydrogen-bond acceptors (Lipinski definition) is 6. The number of ether oxygens (including phenoxy) is 1. The van der Waals surface area contributed by atoms with E-state index in [0.717, 1.165) is 11.6 Å². The number of amides is 1. The Kier molecular flexibility index (Phi) is 6.21. The number of carbonyl (C=O) groups excluding carboxylic acids is 1. The van der Waals surface area contributed by atoms with Crippen molar-refractivity contribution in [2.24, 2.45) is 0 Å². The number of rotatable bonds is 7. The number of anilines is 2. The molecule has 0 aliphatic carbocycles. The summed E-state index contributed by atoms with van der Waals surface area (Å²) in [5, 5.41) is 13.6. The van der Waals surface area contributed by atoms with E-state index < -0.39 is 20.9 Å². The number of benzene rings is 3. The molecule has 9 nitrogen and oxygen atoms in total. The Morgan fingerprint density at radius 3 is 2.39 bits per heavy atom. The molecule has 0 fully saturated rings. The number of non-ortho nitro benzene ring substituents is 1. The summed E-state index contributed by atoms with van der Waals surface area (Å²) < 4.78 is 33.1. The van der Waals surface area contributed by atoms with Crippen molar-refractivity contribution in [1.82, 2.24) is 0 Å². The number of nitro groups is 1. The Balaban J connectivity index is 1.89. The van der Waals surface area contributed by atoms with Crippen LogP contribution in [0.2, 0.25) is 0 Å². The second kappa shape index (κ2) is 8.84. The third kappa shape index (κ3) is 5.17. The van der Waals surface area contributed by atoms with Crippen LogP contribution in [0.25, 0.3) is 0 Å². The highest BCUT2D eigenvalue weighted by Gasteiger charge is 2.19. The Morgan fingerprint density at radius 2 is 1.74 bits per heavy atom. The van der Waals surface area contributed by atoms with E-state index in [1.165, 1.54) is 43.5 Å². The fourth-order valence-corrected chi connectivity index (χ4v) is 3.82. The van der Waals surface area contributed by atoms with Crippen LogP contribution >= 0.6 is 0 Å². The van der Waals surface area contributed by atoms with Gasteiger partial charge >= 0.3 is 0 Å². The zero-order chi connectivity index (χ0) is 22.6. The van der Waals surface area contributed by atoms with Gasteiger partial charge in [-0.05, 0) is 43.3 Å². The van der Waals surface area contributed by atoms with Crippen molar-refractivity contribution in [1.29, 1.82) is 0 Å². The first-order valence-electron chi connectivity index (χ1n) is 9.03. The second-order valence-corrected chi connectivity index (χ2v) is 8.28. The normalized spacial score (nSPS) is 10.9. The highest BCUT2D eigenvalue weighted by molar-refractivity contribution is 7.92. The molecule has 0 unspecified atom stereocenters. The second-order valence-electron chi connectivity index (χ2n) is 6.60. The van der Waals surface area contributed by atoms with Crippen LogP contribution in [0.4, 0.5) is 17.1 Å². The van der Waals surface area contributed by atoms with Gasteiger partial charge in [-0.15, -0.1) is 0 Å². The number of methoxy groups -OCH3 is 1. The highest BCUT2D eigenvalue weighted by atomic mass is 32.2. The number of sulfonamides is 1. The lowest BCUT2D eigenvalue weighted by molar-refractivity contribution is -0.384. The largest absolute Gasteiger partial charge is 0.495 e. The van der Waals surface area contributed by atoms with Crippen LogP contribution in [0.5, 0.6) is 5.75 Å². The quantitative estimate of drug-likeness (QED) is 0.422. The molecule has 0 saturated carbocycles. The average Bonchev–Trinajstić information content (AvgIpc) is 2.74. The van der Waals surface area contributed by atoms with E-state index in [4.69, 9.17) is 4.74 Å². The van der Waals surface area contributed by atoms with Crippen molar-refractivity contribution >= 4 is 33.0 Å². The Bertz CT molecular complexity index is 1240.